The highest BCUT2D eigenvalue weighted by Crippen LogP contribution is 2.43. The smallest absolute Gasteiger partial charge is 0.305 e. The highest BCUT2D eigenvalue weighted by molar-refractivity contribution is 7.39. The lowest BCUT2D eigenvalue weighted by molar-refractivity contribution is -0.138. The van der Waals surface area contributed by atoms with Gasteiger partial charge in [0, 0.05) is 22.9 Å². The molecule has 0 fully saturated rings. The Morgan fingerprint density at radius 3 is 2.10 bits per heavy atom. The lowest BCUT2D eigenvalue weighted by atomic mass is 9.85. The number of aliphatic carboxylic acids is 1. The molecular weight excluding hydrogens is 540 g/mol. The number of benzene rings is 3. The molecule has 0 saturated heterocycles. The molecule has 0 aliphatic rings. The minimum Gasteiger partial charge on any atom is -0.481 e. The van der Waals surface area contributed by atoms with Crippen LogP contribution in [0.4, 0.5) is 4.39 Å². The molecule has 1 aromatic heterocycles. The van der Waals surface area contributed by atoms with Gasteiger partial charge >= 0.3 is 5.97 Å². The van der Waals surface area contributed by atoms with Crippen LogP contribution in [0.25, 0.3) is 33.5 Å². The fourth-order valence-corrected chi connectivity index (χ4v) is 5.39. The zero-order valence-electron chi connectivity index (χ0n) is 22.8. The predicted octanol–water partition coefficient (Wildman–Crippen LogP) is 7.02. The fraction of sp³-hybridized carbons (Fsp3) is 0.212. The summed E-state index contributed by atoms with van der Waals surface area (Å²) >= 11 is 0. The summed E-state index contributed by atoms with van der Waals surface area (Å²) in [5.41, 5.74) is 6.44. The molecule has 8 heteroatoms. The zero-order valence-corrected chi connectivity index (χ0v) is 23.8. The lowest BCUT2D eigenvalue weighted by Gasteiger charge is -2.22. The van der Waals surface area contributed by atoms with Crippen molar-refractivity contribution in [3.8, 4) is 45.4 Å². The number of aromatic nitrogens is 1. The van der Waals surface area contributed by atoms with Crippen LogP contribution in [0, 0.1) is 17.7 Å². The summed E-state index contributed by atoms with van der Waals surface area (Å²) < 4.78 is 31.6. The summed E-state index contributed by atoms with van der Waals surface area (Å²) in [4.78, 5) is 15.9. The van der Waals surface area contributed by atoms with Crippen molar-refractivity contribution in [3.63, 3.8) is 0 Å². The van der Waals surface area contributed by atoms with Crippen molar-refractivity contribution in [2.75, 3.05) is 12.8 Å². The van der Waals surface area contributed by atoms with Gasteiger partial charge in [0.05, 0.1) is 29.5 Å². The second-order valence-electron chi connectivity index (χ2n) is 9.78. The molecule has 4 rings (SSSR count). The SMILES string of the molecule is CC(C)c1nc(-c2ccccc2)c(-c2ccccc2)c(-c2ccc(F)cc2)c1C#CCO[PH](=O)C[C@@H](O)CC(=O)O. The average Bonchev–Trinajstić information content (AvgIpc) is 2.95. The molecule has 6 nitrogen and oxygen atoms in total. The van der Waals surface area contributed by atoms with E-state index in [1.54, 1.807) is 12.1 Å². The van der Waals surface area contributed by atoms with Gasteiger partial charge in [-0.25, -0.2) is 4.39 Å². The molecule has 2 atom stereocenters. The summed E-state index contributed by atoms with van der Waals surface area (Å²) in [6, 6.07) is 26.0. The summed E-state index contributed by atoms with van der Waals surface area (Å²) in [7, 11) is -2.70. The Morgan fingerprint density at radius 1 is 0.927 bits per heavy atom. The number of carbonyl (C=O) groups is 1. The fourth-order valence-electron chi connectivity index (χ4n) is 4.51. The van der Waals surface area contributed by atoms with Crippen LogP contribution < -0.4 is 0 Å². The van der Waals surface area contributed by atoms with Crippen LogP contribution in [0.1, 0.15) is 37.4 Å². The number of hydrogen-bond donors (Lipinski definition) is 2. The first kappa shape index (κ1) is 29.9. The quantitative estimate of drug-likeness (QED) is 0.157. The van der Waals surface area contributed by atoms with Crippen LogP contribution in [-0.2, 0) is 13.9 Å². The second-order valence-corrected chi connectivity index (χ2v) is 11.2. The molecule has 210 valence electrons. The highest BCUT2D eigenvalue weighted by Gasteiger charge is 2.24. The number of carboxylic acid groups (broad SMARTS) is 1. The summed E-state index contributed by atoms with van der Waals surface area (Å²) in [6.07, 6.45) is -2.03. The Morgan fingerprint density at radius 2 is 1.51 bits per heavy atom. The summed E-state index contributed by atoms with van der Waals surface area (Å²) in [5, 5.41) is 18.6. The number of aliphatic hydroxyl groups is 1. The number of rotatable bonds is 10. The van der Waals surface area contributed by atoms with Crippen LogP contribution in [-0.4, -0.2) is 40.0 Å². The second kappa shape index (κ2) is 14.0. The highest BCUT2D eigenvalue weighted by atomic mass is 31.1. The molecule has 0 bridgehead atoms. The molecule has 4 aromatic rings. The standard InChI is InChI=1S/C33H31FNO5P/c1-22(2)32-28(14-9-19-40-41(39)21-27(36)20-29(37)38)30(24-15-17-26(34)18-16-24)31(23-10-5-3-6-11-23)33(35-32)25-12-7-4-8-13-25/h3-8,10-13,15-18,22,27,36,41H,19-21H2,1-2H3,(H,37,38)/t27-/m0/s1. The van der Waals surface area contributed by atoms with Crippen LogP contribution in [0.15, 0.2) is 84.9 Å². The molecular formula is C33H31FNO5P. The largest absolute Gasteiger partial charge is 0.481 e. The Hall–Kier alpha value is -4.08. The van der Waals surface area contributed by atoms with Gasteiger partial charge < -0.3 is 14.7 Å². The van der Waals surface area contributed by atoms with E-state index in [1.165, 1.54) is 12.1 Å². The van der Waals surface area contributed by atoms with Crippen molar-refractivity contribution in [2.45, 2.75) is 32.3 Å². The van der Waals surface area contributed by atoms with Crippen LogP contribution >= 0.6 is 8.03 Å². The predicted molar refractivity (Wildman–Crippen MR) is 160 cm³/mol. The van der Waals surface area contributed by atoms with Crippen LogP contribution in [0.5, 0.6) is 0 Å². The number of aliphatic hydroxyl groups excluding tert-OH is 1. The number of hydrogen-bond acceptors (Lipinski definition) is 5. The van der Waals surface area contributed by atoms with Gasteiger partial charge in [0.15, 0.2) is 8.03 Å². The monoisotopic (exact) mass is 571 g/mol. The molecule has 1 heterocycles. The maximum atomic E-state index is 14.0. The van der Waals surface area contributed by atoms with E-state index in [2.05, 4.69) is 11.8 Å². The van der Waals surface area contributed by atoms with Crippen LogP contribution in [0.2, 0.25) is 0 Å². The third-order valence-electron chi connectivity index (χ3n) is 6.35. The lowest BCUT2D eigenvalue weighted by Crippen LogP contribution is -2.15. The van der Waals surface area contributed by atoms with Crippen molar-refractivity contribution < 1.29 is 28.5 Å². The Bertz CT molecular complexity index is 1580. The normalized spacial score (nSPS) is 12.4. The van der Waals surface area contributed by atoms with Gasteiger partial charge in [-0.3, -0.25) is 14.3 Å². The van der Waals surface area contributed by atoms with Crippen LogP contribution in [0.3, 0.4) is 0 Å². The Balaban J connectivity index is 1.88. The Kier molecular flexibility index (Phi) is 10.2. The van der Waals surface area contributed by atoms with Crippen molar-refractivity contribution in [1.82, 2.24) is 4.98 Å². The van der Waals surface area contributed by atoms with Crippen molar-refractivity contribution in [3.05, 3.63) is 102 Å². The molecule has 1 unspecified atom stereocenters. The van der Waals surface area contributed by atoms with Gasteiger partial charge in [0.25, 0.3) is 0 Å². The summed E-state index contributed by atoms with van der Waals surface area (Å²) in [6.45, 7) is 3.87. The van der Waals surface area contributed by atoms with E-state index in [1.807, 2.05) is 74.5 Å². The van der Waals surface area contributed by atoms with E-state index in [9.17, 15) is 18.9 Å². The third kappa shape index (κ3) is 7.77. The number of halogens is 1. The Labute approximate surface area is 239 Å². The number of carboxylic acids is 1. The molecule has 3 aromatic carbocycles. The molecule has 0 aliphatic heterocycles. The first-order chi connectivity index (χ1) is 19.7. The van der Waals surface area contributed by atoms with Crippen molar-refractivity contribution in [2.24, 2.45) is 0 Å². The topological polar surface area (TPSA) is 96.7 Å². The van der Waals surface area contributed by atoms with Gasteiger partial charge in [-0.05, 0) is 29.2 Å². The molecule has 2 N–H and O–H groups in total. The molecule has 0 spiro atoms. The van der Waals surface area contributed by atoms with Gasteiger partial charge in [0.2, 0.25) is 0 Å². The first-order valence-corrected chi connectivity index (χ1v) is 14.8. The summed E-state index contributed by atoms with van der Waals surface area (Å²) in [5.74, 6) is 4.59. The number of pyridine rings is 1. The van der Waals surface area contributed by atoms with Crippen molar-refractivity contribution >= 4 is 14.0 Å². The molecule has 0 saturated carbocycles. The van der Waals surface area contributed by atoms with Gasteiger partial charge in [-0.2, -0.15) is 0 Å². The maximum Gasteiger partial charge on any atom is 0.305 e. The third-order valence-corrected chi connectivity index (χ3v) is 7.62. The van der Waals surface area contributed by atoms with E-state index in [0.717, 1.165) is 39.2 Å². The average molecular weight is 572 g/mol. The molecule has 0 aliphatic carbocycles. The van der Waals surface area contributed by atoms with E-state index in [0.29, 0.717) is 5.56 Å². The van der Waals surface area contributed by atoms with Crippen molar-refractivity contribution in [1.29, 1.82) is 0 Å². The van der Waals surface area contributed by atoms with E-state index in [-0.39, 0.29) is 24.5 Å². The van der Waals surface area contributed by atoms with Gasteiger partial charge in [-0.1, -0.05) is 98.5 Å². The van der Waals surface area contributed by atoms with E-state index in [4.69, 9.17) is 14.6 Å². The van der Waals surface area contributed by atoms with E-state index >= 15 is 0 Å². The van der Waals surface area contributed by atoms with Gasteiger partial charge in [-0.15, -0.1) is 0 Å². The van der Waals surface area contributed by atoms with E-state index < -0.39 is 26.5 Å². The molecule has 41 heavy (non-hydrogen) atoms. The first-order valence-electron chi connectivity index (χ1n) is 13.2. The maximum absolute atomic E-state index is 14.0. The molecule has 0 amide bonds. The van der Waals surface area contributed by atoms with Gasteiger partial charge in [0.1, 0.15) is 12.4 Å². The molecule has 0 radical (unpaired) electrons. The number of nitrogens with zero attached hydrogens (tertiary/aromatic N) is 1. The minimum atomic E-state index is -2.70. The zero-order chi connectivity index (χ0) is 29.4. The minimum absolute atomic E-state index is 0.0167.